The van der Waals surface area contributed by atoms with Gasteiger partial charge < -0.3 is 5.32 Å². The van der Waals surface area contributed by atoms with Crippen molar-refractivity contribution < 1.29 is 9.59 Å². The number of benzene rings is 1. The summed E-state index contributed by atoms with van der Waals surface area (Å²) in [6, 6.07) is 9.99. The minimum absolute atomic E-state index is 0.146. The van der Waals surface area contributed by atoms with Crippen molar-refractivity contribution in [2.75, 3.05) is 4.90 Å². The molecule has 4 rings (SSSR count). The maximum Gasteiger partial charge on any atom is 0.280 e. The molecular weight excluding hydrogens is 428 g/mol. The van der Waals surface area contributed by atoms with E-state index >= 15 is 0 Å². The van der Waals surface area contributed by atoms with E-state index in [0.717, 1.165) is 42.1 Å². The lowest BCUT2D eigenvalue weighted by Crippen LogP contribution is -2.46. The van der Waals surface area contributed by atoms with E-state index in [4.69, 9.17) is 11.6 Å². The molecule has 3 aromatic rings. The van der Waals surface area contributed by atoms with Gasteiger partial charge in [0.25, 0.3) is 5.91 Å². The summed E-state index contributed by atoms with van der Waals surface area (Å²) in [5.41, 5.74) is 0.785. The highest BCUT2D eigenvalue weighted by atomic mass is 35.5. The van der Waals surface area contributed by atoms with Crippen LogP contribution in [0.1, 0.15) is 47.1 Å². The molecule has 1 N–H and O–H groups in total. The number of anilines is 1. The highest BCUT2D eigenvalue weighted by Crippen LogP contribution is 2.33. The van der Waals surface area contributed by atoms with Gasteiger partial charge >= 0.3 is 0 Å². The van der Waals surface area contributed by atoms with Crippen LogP contribution in [0.5, 0.6) is 0 Å². The van der Waals surface area contributed by atoms with Crippen molar-refractivity contribution >= 4 is 52.0 Å². The van der Waals surface area contributed by atoms with E-state index < -0.39 is 6.04 Å². The molecule has 2 aromatic heterocycles. The molecule has 1 aromatic carbocycles. The first-order valence-electron chi connectivity index (χ1n) is 9.33. The molecule has 150 valence electrons. The van der Waals surface area contributed by atoms with E-state index in [-0.39, 0.29) is 23.6 Å². The number of carbonyl (C=O) groups excluding carboxylic acids is 2. The van der Waals surface area contributed by atoms with Crippen LogP contribution in [0.25, 0.3) is 0 Å². The molecule has 1 aliphatic carbocycles. The molecule has 1 fully saturated rings. The third-order valence-corrected chi connectivity index (χ3v) is 6.60. The van der Waals surface area contributed by atoms with Gasteiger partial charge in [-0.1, -0.05) is 35.0 Å². The molecule has 0 aliphatic heterocycles. The van der Waals surface area contributed by atoms with Crippen molar-refractivity contribution in [1.82, 2.24) is 14.9 Å². The first kappa shape index (κ1) is 20.0. The van der Waals surface area contributed by atoms with Crippen molar-refractivity contribution in [3.05, 3.63) is 62.8 Å². The van der Waals surface area contributed by atoms with Crippen LogP contribution >= 0.6 is 34.5 Å². The minimum atomic E-state index is -0.800. The Morgan fingerprint density at radius 1 is 1.17 bits per heavy atom. The summed E-state index contributed by atoms with van der Waals surface area (Å²) in [5, 5.41) is 11.1. The number of hydrogen-bond acceptors (Lipinski definition) is 6. The number of hydrogen-bond donors (Lipinski definition) is 1. The van der Waals surface area contributed by atoms with Gasteiger partial charge in [0.1, 0.15) is 0 Å². The average molecular weight is 447 g/mol. The fraction of sp³-hybridized carbons (Fsp3) is 0.300. The van der Waals surface area contributed by atoms with E-state index in [1.54, 1.807) is 29.6 Å². The van der Waals surface area contributed by atoms with Crippen molar-refractivity contribution in [3.8, 4) is 0 Å². The molecule has 1 saturated carbocycles. The molecule has 6 nitrogen and oxygen atoms in total. The number of carbonyl (C=O) groups is 2. The van der Waals surface area contributed by atoms with Crippen LogP contribution in [-0.2, 0) is 4.79 Å². The van der Waals surface area contributed by atoms with Crippen LogP contribution < -0.4 is 10.2 Å². The lowest BCUT2D eigenvalue weighted by molar-refractivity contribution is -0.123. The summed E-state index contributed by atoms with van der Waals surface area (Å²) >= 11 is 8.59. The Morgan fingerprint density at radius 2 is 1.93 bits per heavy atom. The first-order valence-corrected chi connectivity index (χ1v) is 11.4. The highest BCUT2D eigenvalue weighted by molar-refractivity contribution is 7.10. The largest absolute Gasteiger partial charge is 0.351 e. The van der Waals surface area contributed by atoms with Gasteiger partial charge in [0, 0.05) is 27.0 Å². The van der Waals surface area contributed by atoms with E-state index in [9.17, 15) is 9.59 Å². The van der Waals surface area contributed by atoms with E-state index in [1.165, 1.54) is 16.2 Å². The molecule has 1 unspecified atom stereocenters. The number of halogens is 1. The smallest absolute Gasteiger partial charge is 0.280 e. The fourth-order valence-corrected chi connectivity index (χ4v) is 4.91. The van der Waals surface area contributed by atoms with Gasteiger partial charge in [0.05, 0.1) is 0 Å². The van der Waals surface area contributed by atoms with E-state index in [0.29, 0.717) is 10.7 Å². The molecule has 0 saturated heterocycles. The summed E-state index contributed by atoms with van der Waals surface area (Å²) < 4.78 is 3.81. The zero-order chi connectivity index (χ0) is 20.2. The van der Waals surface area contributed by atoms with Crippen LogP contribution in [0, 0.1) is 0 Å². The predicted octanol–water partition coefficient (Wildman–Crippen LogP) is 4.70. The van der Waals surface area contributed by atoms with Gasteiger partial charge in [-0.3, -0.25) is 14.5 Å². The summed E-state index contributed by atoms with van der Waals surface area (Å²) in [4.78, 5) is 29.1. The van der Waals surface area contributed by atoms with E-state index in [1.807, 2.05) is 17.5 Å². The van der Waals surface area contributed by atoms with Gasteiger partial charge in [-0.15, -0.1) is 16.4 Å². The Labute approximate surface area is 181 Å². The third kappa shape index (κ3) is 4.49. The number of rotatable bonds is 6. The number of nitrogens with one attached hydrogen (secondary N) is 1. The number of nitrogens with zero attached hydrogens (tertiary/aromatic N) is 3. The highest BCUT2D eigenvalue weighted by Gasteiger charge is 2.36. The Balaban J connectivity index is 1.75. The SMILES string of the molecule is O=C(NC1CCCC1)C(c1cccs1)N(C(=O)c1csnn1)c1ccc(Cl)cc1. The number of aromatic nitrogens is 2. The molecule has 9 heteroatoms. The van der Waals surface area contributed by atoms with Crippen LogP contribution in [0.4, 0.5) is 5.69 Å². The molecule has 0 radical (unpaired) electrons. The Morgan fingerprint density at radius 3 is 2.55 bits per heavy atom. The number of thiophene rings is 1. The first-order chi connectivity index (χ1) is 14.1. The molecule has 2 heterocycles. The van der Waals surface area contributed by atoms with Crippen LogP contribution in [0.2, 0.25) is 5.02 Å². The molecule has 0 bridgehead atoms. The molecule has 0 spiro atoms. The molecular formula is C20H19ClN4O2S2. The molecule has 29 heavy (non-hydrogen) atoms. The van der Waals surface area contributed by atoms with Crippen molar-refractivity contribution in [2.45, 2.75) is 37.8 Å². The Bertz CT molecular complexity index is 955. The monoisotopic (exact) mass is 446 g/mol. The molecule has 1 atom stereocenters. The maximum atomic E-state index is 13.4. The summed E-state index contributed by atoms with van der Waals surface area (Å²) in [6.07, 6.45) is 4.15. The maximum absolute atomic E-state index is 13.4. The normalized spacial score (nSPS) is 15.2. The Kier molecular flexibility index (Phi) is 6.22. The van der Waals surface area contributed by atoms with Crippen molar-refractivity contribution in [1.29, 1.82) is 0 Å². The molecule has 2 amide bonds. The zero-order valence-electron chi connectivity index (χ0n) is 15.5. The second-order valence-corrected chi connectivity index (χ2v) is 8.88. The lowest BCUT2D eigenvalue weighted by Gasteiger charge is -2.31. The molecule has 1 aliphatic rings. The average Bonchev–Trinajstić information content (AvgIpc) is 3.49. The zero-order valence-corrected chi connectivity index (χ0v) is 17.8. The third-order valence-electron chi connectivity index (χ3n) is 4.92. The quantitative estimate of drug-likeness (QED) is 0.595. The second-order valence-electron chi connectivity index (χ2n) is 6.85. The van der Waals surface area contributed by atoms with Crippen LogP contribution in [-0.4, -0.2) is 27.4 Å². The van der Waals surface area contributed by atoms with Gasteiger partial charge in [0.15, 0.2) is 11.7 Å². The van der Waals surface area contributed by atoms with Gasteiger partial charge in [-0.25, -0.2) is 0 Å². The summed E-state index contributed by atoms with van der Waals surface area (Å²) in [7, 11) is 0. The van der Waals surface area contributed by atoms with Crippen molar-refractivity contribution in [3.63, 3.8) is 0 Å². The topological polar surface area (TPSA) is 75.2 Å². The summed E-state index contributed by atoms with van der Waals surface area (Å²) in [5.74, 6) is -0.563. The van der Waals surface area contributed by atoms with Gasteiger partial charge in [-0.05, 0) is 60.1 Å². The Hall–Kier alpha value is -2.29. The van der Waals surface area contributed by atoms with Crippen LogP contribution in [0.3, 0.4) is 0 Å². The fourth-order valence-electron chi connectivity index (χ4n) is 3.54. The van der Waals surface area contributed by atoms with Crippen LogP contribution in [0.15, 0.2) is 47.2 Å². The minimum Gasteiger partial charge on any atom is -0.351 e. The standard InChI is InChI=1S/C20H19ClN4O2S2/c21-13-7-9-15(10-8-13)25(20(27)16-12-29-24-23-16)18(17-6-3-11-28-17)19(26)22-14-4-1-2-5-14/h3,6-12,14,18H,1-2,4-5H2,(H,22,26). The van der Waals surface area contributed by atoms with Crippen molar-refractivity contribution in [2.24, 2.45) is 0 Å². The van der Waals surface area contributed by atoms with E-state index in [2.05, 4.69) is 14.9 Å². The predicted molar refractivity (Wildman–Crippen MR) is 116 cm³/mol. The second kappa shape index (κ2) is 9.02. The lowest BCUT2D eigenvalue weighted by atomic mass is 10.1. The van der Waals surface area contributed by atoms with Gasteiger partial charge in [0.2, 0.25) is 5.91 Å². The number of amides is 2. The summed E-state index contributed by atoms with van der Waals surface area (Å²) in [6.45, 7) is 0. The van der Waals surface area contributed by atoms with Gasteiger partial charge in [-0.2, -0.15) is 0 Å².